The Bertz CT molecular complexity index is 1600. The van der Waals surface area contributed by atoms with Gasteiger partial charge < -0.3 is 9.30 Å². The average molecular weight is 518 g/mol. The van der Waals surface area contributed by atoms with Crippen LogP contribution in [0.4, 0.5) is 0 Å². The molecule has 5 nitrogen and oxygen atoms in total. The molecule has 2 aliphatic rings. The highest BCUT2D eigenvalue weighted by Gasteiger charge is 2.47. The van der Waals surface area contributed by atoms with Gasteiger partial charge in [-0.2, -0.15) is 0 Å². The molecule has 1 heterocycles. The third-order valence-electron chi connectivity index (χ3n) is 8.11. The molecule has 0 radical (unpaired) electrons. The van der Waals surface area contributed by atoms with Crippen molar-refractivity contribution < 1.29 is 19.1 Å². The van der Waals surface area contributed by atoms with Crippen LogP contribution in [0.5, 0.6) is 5.75 Å². The van der Waals surface area contributed by atoms with E-state index >= 15 is 0 Å². The van der Waals surface area contributed by atoms with Crippen molar-refractivity contribution in [3.63, 3.8) is 0 Å². The van der Waals surface area contributed by atoms with Crippen LogP contribution in [0.25, 0.3) is 16.9 Å². The van der Waals surface area contributed by atoms with E-state index in [0.717, 1.165) is 29.1 Å². The van der Waals surface area contributed by atoms with Gasteiger partial charge >= 0.3 is 0 Å². The van der Waals surface area contributed by atoms with Crippen LogP contribution in [0.2, 0.25) is 0 Å². The highest BCUT2D eigenvalue weighted by molar-refractivity contribution is 6.31. The van der Waals surface area contributed by atoms with Gasteiger partial charge in [-0.1, -0.05) is 57.2 Å². The van der Waals surface area contributed by atoms with Gasteiger partial charge in [-0.25, -0.2) is 0 Å². The van der Waals surface area contributed by atoms with Gasteiger partial charge in [0.05, 0.1) is 12.8 Å². The summed E-state index contributed by atoms with van der Waals surface area (Å²) in [5.41, 5.74) is 6.15. The first-order valence-electron chi connectivity index (χ1n) is 13.5. The summed E-state index contributed by atoms with van der Waals surface area (Å²) in [4.78, 5) is 41.7. The van der Waals surface area contributed by atoms with Crippen molar-refractivity contribution in [2.24, 2.45) is 5.41 Å². The molecule has 0 atom stereocenters. The van der Waals surface area contributed by atoms with Crippen molar-refractivity contribution >= 4 is 17.3 Å². The van der Waals surface area contributed by atoms with E-state index in [9.17, 15) is 14.4 Å². The molecule has 5 heteroatoms. The van der Waals surface area contributed by atoms with Crippen molar-refractivity contribution in [3.8, 4) is 22.7 Å². The Hall–Kier alpha value is -4.25. The SMILES string of the molecule is CCc1ccc(-n2c3c(c(C4C(=O)c5ccccc5C4=O)c2-c2ccc(OC)cc2)C(=O)CC(C)(C)C3)cc1. The number of benzene rings is 3. The van der Waals surface area contributed by atoms with E-state index in [1.165, 1.54) is 5.56 Å². The first kappa shape index (κ1) is 25.1. The van der Waals surface area contributed by atoms with Crippen LogP contribution in [0.15, 0.2) is 72.8 Å². The molecule has 0 spiro atoms. The summed E-state index contributed by atoms with van der Waals surface area (Å²) in [6.45, 7) is 6.31. The first-order chi connectivity index (χ1) is 18.7. The number of carbonyl (C=O) groups is 3. The number of fused-ring (bicyclic) bond motifs is 2. The largest absolute Gasteiger partial charge is 0.497 e. The van der Waals surface area contributed by atoms with Crippen LogP contribution in [-0.2, 0) is 12.8 Å². The van der Waals surface area contributed by atoms with Crippen LogP contribution >= 0.6 is 0 Å². The first-order valence-corrected chi connectivity index (χ1v) is 13.5. The summed E-state index contributed by atoms with van der Waals surface area (Å²) < 4.78 is 7.53. The minimum absolute atomic E-state index is 0.0218. The van der Waals surface area contributed by atoms with E-state index in [-0.39, 0.29) is 22.8 Å². The lowest BCUT2D eigenvalue weighted by Gasteiger charge is -2.30. The number of hydrogen-bond donors (Lipinski definition) is 0. The van der Waals surface area contributed by atoms with Gasteiger partial charge in [0.2, 0.25) is 0 Å². The predicted octanol–water partition coefficient (Wildman–Crippen LogP) is 7.03. The zero-order chi connectivity index (χ0) is 27.5. The molecule has 2 aliphatic carbocycles. The van der Waals surface area contributed by atoms with E-state index in [1.807, 2.05) is 24.3 Å². The quantitative estimate of drug-likeness (QED) is 0.267. The Morgan fingerprint density at radius 3 is 2.03 bits per heavy atom. The Morgan fingerprint density at radius 2 is 1.46 bits per heavy atom. The molecule has 0 saturated heterocycles. The van der Waals surface area contributed by atoms with Crippen molar-refractivity contribution in [2.45, 2.75) is 46.0 Å². The molecule has 0 aliphatic heterocycles. The summed E-state index contributed by atoms with van der Waals surface area (Å²) in [7, 11) is 1.62. The molecule has 0 N–H and O–H groups in total. The lowest BCUT2D eigenvalue weighted by atomic mass is 9.74. The number of aryl methyl sites for hydroxylation is 1. The second kappa shape index (κ2) is 9.19. The fourth-order valence-corrected chi connectivity index (χ4v) is 6.24. The van der Waals surface area contributed by atoms with Gasteiger partial charge in [-0.3, -0.25) is 14.4 Å². The average Bonchev–Trinajstić information content (AvgIpc) is 3.39. The van der Waals surface area contributed by atoms with Gasteiger partial charge in [0.1, 0.15) is 11.7 Å². The number of Topliss-reactive ketones (excluding diaryl/α,β-unsaturated/α-hetero) is 3. The molecule has 3 aromatic carbocycles. The summed E-state index contributed by atoms with van der Waals surface area (Å²) >= 11 is 0. The lowest BCUT2D eigenvalue weighted by Crippen LogP contribution is -2.29. The van der Waals surface area contributed by atoms with Crippen molar-refractivity contribution in [1.82, 2.24) is 4.57 Å². The summed E-state index contributed by atoms with van der Waals surface area (Å²) in [5, 5.41) is 0. The Morgan fingerprint density at radius 1 is 0.846 bits per heavy atom. The van der Waals surface area contributed by atoms with E-state index < -0.39 is 5.92 Å². The Balaban J connectivity index is 1.71. The monoisotopic (exact) mass is 517 g/mol. The minimum Gasteiger partial charge on any atom is -0.497 e. The van der Waals surface area contributed by atoms with Gasteiger partial charge in [0.25, 0.3) is 0 Å². The predicted molar refractivity (Wildman–Crippen MR) is 151 cm³/mol. The number of rotatable bonds is 5. The van der Waals surface area contributed by atoms with E-state index in [1.54, 1.807) is 31.4 Å². The smallest absolute Gasteiger partial charge is 0.178 e. The molecule has 196 valence electrons. The molecule has 0 fully saturated rings. The molecule has 4 aromatic rings. The second-order valence-corrected chi connectivity index (χ2v) is 11.3. The minimum atomic E-state index is -1.06. The topological polar surface area (TPSA) is 65.4 Å². The van der Waals surface area contributed by atoms with E-state index in [0.29, 0.717) is 40.8 Å². The molecule has 0 unspecified atom stereocenters. The molecule has 39 heavy (non-hydrogen) atoms. The summed E-state index contributed by atoms with van der Waals surface area (Å²) in [6, 6.07) is 22.9. The molecule has 0 amide bonds. The van der Waals surface area contributed by atoms with E-state index in [2.05, 4.69) is 49.6 Å². The van der Waals surface area contributed by atoms with Crippen LogP contribution in [0.1, 0.15) is 81.0 Å². The maximum Gasteiger partial charge on any atom is 0.178 e. The summed E-state index contributed by atoms with van der Waals surface area (Å²) in [6.07, 6.45) is 1.92. The van der Waals surface area contributed by atoms with Crippen molar-refractivity contribution in [2.75, 3.05) is 7.11 Å². The highest BCUT2D eigenvalue weighted by Crippen LogP contribution is 2.48. The van der Waals surface area contributed by atoms with Crippen LogP contribution in [0.3, 0.4) is 0 Å². The third-order valence-corrected chi connectivity index (χ3v) is 8.11. The highest BCUT2D eigenvalue weighted by atomic mass is 16.5. The number of ketones is 3. The maximum atomic E-state index is 13.9. The molecule has 1 aromatic heterocycles. The molecule has 0 bridgehead atoms. The molecular formula is C34H31NO4. The third kappa shape index (κ3) is 3.95. The Labute approximate surface area is 228 Å². The fraction of sp³-hybridized carbons (Fsp3) is 0.265. The van der Waals surface area contributed by atoms with Crippen molar-refractivity contribution in [3.05, 3.63) is 106 Å². The van der Waals surface area contributed by atoms with Crippen molar-refractivity contribution in [1.29, 1.82) is 0 Å². The molecular weight excluding hydrogens is 486 g/mol. The number of aromatic nitrogens is 1. The van der Waals surface area contributed by atoms with Gasteiger partial charge in [-0.15, -0.1) is 0 Å². The number of nitrogens with zero attached hydrogens (tertiary/aromatic N) is 1. The Kier molecular flexibility index (Phi) is 5.91. The normalized spacial score (nSPS) is 16.4. The standard InChI is InChI=1S/C34H31NO4/c1-5-20-10-14-22(15-11-20)35-26-18-34(2,3)19-27(36)28(26)29(31(35)21-12-16-23(39-4)17-13-21)30-32(37)24-8-6-7-9-25(24)33(30)38/h6-17,30H,5,18-19H2,1-4H3. The zero-order valence-electron chi connectivity index (χ0n) is 22.7. The lowest BCUT2D eigenvalue weighted by molar-refractivity contribution is 0.0888. The molecule has 0 saturated carbocycles. The van der Waals surface area contributed by atoms with Crippen LogP contribution in [-0.4, -0.2) is 29.0 Å². The number of hydrogen-bond acceptors (Lipinski definition) is 4. The number of ether oxygens (including phenoxy) is 1. The molecule has 6 rings (SSSR count). The second-order valence-electron chi connectivity index (χ2n) is 11.3. The summed E-state index contributed by atoms with van der Waals surface area (Å²) in [5.74, 6) is -0.872. The maximum absolute atomic E-state index is 13.9. The number of carbonyl (C=O) groups excluding carboxylic acids is 3. The van der Waals surface area contributed by atoms with Crippen LogP contribution < -0.4 is 4.74 Å². The zero-order valence-corrected chi connectivity index (χ0v) is 22.7. The van der Waals surface area contributed by atoms with Crippen LogP contribution in [0, 0.1) is 5.41 Å². The van der Waals surface area contributed by atoms with Gasteiger partial charge in [0.15, 0.2) is 17.3 Å². The fourth-order valence-electron chi connectivity index (χ4n) is 6.24. The van der Waals surface area contributed by atoms with E-state index in [4.69, 9.17) is 4.74 Å². The van der Waals surface area contributed by atoms with Gasteiger partial charge in [0, 0.05) is 40.1 Å². The van der Waals surface area contributed by atoms with Gasteiger partial charge in [-0.05, 0) is 65.8 Å². The number of methoxy groups -OCH3 is 1.